The summed E-state index contributed by atoms with van der Waals surface area (Å²) < 4.78 is 1.58. The molecule has 0 amide bonds. The van der Waals surface area contributed by atoms with Gasteiger partial charge < -0.3 is 15.4 Å². The van der Waals surface area contributed by atoms with Crippen molar-refractivity contribution in [3.63, 3.8) is 0 Å². The molecule has 1 aromatic carbocycles. The first kappa shape index (κ1) is 19.0. The molecule has 0 aliphatic heterocycles. The van der Waals surface area contributed by atoms with Gasteiger partial charge in [0.25, 0.3) is 5.62 Å². The molecular formula is C21H22N8O2. The quantitative estimate of drug-likeness (QED) is 0.376. The van der Waals surface area contributed by atoms with Crippen molar-refractivity contribution in [1.82, 2.24) is 29.5 Å². The fourth-order valence-corrected chi connectivity index (χ4v) is 3.25. The molecule has 1 aliphatic carbocycles. The average molecular weight is 418 g/mol. The first-order chi connectivity index (χ1) is 15.0. The number of hydrogen-bond acceptors (Lipinski definition) is 7. The van der Waals surface area contributed by atoms with Crippen molar-refractivity contribution in [2.45, 2.75) is 39.3 Å². The minimum absolute atomic E-state index is 0.241. The lowest BCUT2D eigenvalue weighted by atomic mass is 10.1. The predicted octanol–water partition coefficient (Wildman–Crippen LogP) is 0.686. The highest BCUT2D eigenvalue weighted by molar-refractivity contribution is 5.57. The highest BCUT2D eigenvalue weighted by Gasteiger charge is 2.21. The Hall–Kier alpha value is -3.95. The van der Waals surface area contributed by atoms with Gasteiger partial charge in [0.05, 0.1) is 12.2 Å². The molecule has 5 rings (SSSR count). The number of H-pyrrole nitrogens is 2. The summed E-state index contributed by atoms with van der Waals surface area (Å²) in [6.45, 7) is 4.74. The normalized spacial score (nSPS) is 15.2. The first-order valence-electron chi connectivity index (χ1n) is 10.1. The van der Waals surface area contributed by atoms with Crippen molar-refractivity contribution < 1.29 is 5.11 Å². The summed E-state index contributed by atoms with van der Waals surface area (Å²) in [4.78, 5) is 30.1. The molecule has 4 N–H and O–H groups in total. The van der Waals surface area contributed by atoms with Crippen LogP contribution in [0.4, 0.5) is 5.95 Å². The van der Waals surface area contributed by atoms with Crippen molar-refractivity contribution in [3.05, 3.63) is 68.1 Å². The zero-order valence-electron chi connectivity index (χ0n) is 17.2. The fourth-order valence-electron chi connectivity index (χ4n) is 3.25. The molecule has 0 bridgehead atoms. The maximum absolute atomic E-state index is 11.4. The van der Waals surface area contributed by atoms with Gasteiger partial charge in [-0.15, -0.1) is 0 Å². The third kappa shape index (κ3) is 3.91. The monoisotopic (exact) mass is 418 g/mol. The second-order valence-corrected chi connectivity index (χ2v) is 7.80. The molecule has 0 spiro atoms. The van der Waals surface area contributed by atoms with Crippen LogP contribution in [0.25, 0.3) is 11.7 Å². The van der Waals surface area contributed by atoms with Crippen LogP contribution in [0.1, 0.15) is 35.2 Å². The number of rotatable bonds is 5. The number of anilines is 1. The summed E-state index contributed by atoms with van der Waals surface area (Å²) in [5.41, 5.74) is 4.37. The van der Waals surface area contributed by atoms with E-state index in [1.807, 2.05) is 0 Å². The summed E-state index contributed by atoms with van der Waals surface area (Å²) in [6, 6.07) is 6.57. The van der Waals surface area contributed by atoms with Crippen molar-refractivity contribution in [2.24, 2.45) is 4.99 Å². The molecule has 4 aromatic rings. The van der Waals surface area contributed by atoms with Crippen molar-refractivity contribution in [1.29, 1.82) is 0 Å². The zero-order valence-corrected chi connectivity index (χ0v) is 17.2. The van der Waals surface area contributed by atoms with E-state index in [1.54, 1.807) is 16.8 Å². The number of aromatic nitrogens is 6. The number of imidazole rings is 1. The van der Waals surface area contributed by atoms with Crippen LogP contribution in [-0.4, -0.2) is 40.7 Å². The molecule has 0 saturated heterocycles. The van der Waals surface area contributed by atoms with Gasteiger partial charge in [0, 0.05) is 11.8 Å². The Bertz CT molecular complexity index is 1460. The van der Waals surface area contributed by atoms with E-state index >= 15 is 0 Å². The Balaban J connectivity index is 1.57. The highest BCUT2D eigenvalue weighted by atomic mass is 16.3. The second kappa shape index (κ2) is 7.38. The Morgan fingerprint density at radius 2 is 2.10 bits per heavy atom. The summed E-state index contributed by atoms with van der Waals surface area (Å²) >= 11 is 0. The number of hydrogen-bond donors (Lipinski definition) is 4. The summed E-state index contributed by atoms with van der Waals surface area (Å²) in [7, 11) is 0. The van der Waals surface area contributed by atoms with Gasteiger partial charge >= 0.3 is 5.69 Å². The van der Waals surface area contributed by atoms with E-state index in [-0.39, 0.29) is 17.6 Å². The van der Waals surface area contributed by atoms with E-state index in [2.05, 4.69) is 67.4 Å². The number of aromatic hydroxyl groups is 1. The number of fused-ring (bicyclic) bond motifs is 1. The molecule has 31 heavy (non-hydrogen) atoms. The van der Waals surface area contributed by atoms with Crippen LogP contribution < -0.4 is 21.8 Å². The number of aryl methyl sites for hydroxylation is 2. The van der Waals surface area contributed by atoms with E-state index in [9.17, 15) is 9.90 Å². The van der Waals surface area contributed by atoms with Crippen LogP contribution in [0, 0.1) is 13.8 Å². The van der Waals surface area contributed by atoms with Gasteiger partial charge in [0.1, 0.15) is 5.69 Å². The smallest absolute Gasteiger partial charge is 0.326 e. The van der Waals surface area contributed by atoms with E-state index in [1.165, 1.54) is 11.1 Å². The lowest BCUT2D eigenvalue weighted by Crippen LogP contribution is -2.24. The van der Waals surface area contributed by atoms with Crippen LogP contribution >= 0.6 is 0 Å². The maximum Gasteiger partial charge on any atom is 0.326 e. The van der Waals surface area contributed by atoms with Gasteiger partial charge in [-0.2, -0.15) is 19.6 Å². The molecule has 1 fully saturated rings. The number of benzene rings is 1. The van der Waals surface area contributed by atoms with Gasteiger partial charge in [0.15, 0.2) is 5.65 Å². The van der Waals surface area contributed by atoms with Gasteiger partial charge in [-0.3, -0.25) is 4.98 Å². The van der Waals surface area contributed by atoms with Crippen molar-refractivity contribution >= 4 is 17.7 Å². The topological polar surface area (TPSA) is 136 Å². The second-order valence-electron chi connectivity index (χ2n) is 7.80. The van der Waals surface area contributed by atoms with E-state index in [4.69, 9.17) is 0 Å². The van der Waals surface area contributed by atoms with E-state index in [0.717, 1.165) is 18.4 Å². The first-order valence-corrected chi connectivity index (χ1v) is 10.1. The third-order valence-electron chi connectivity index (χ3n) is 5.28. The number of nitrogens with zero attached hydrogens (tertiary/aromatic N) is 5. The SMILES string of the molecule is Cc1ccc(CNc2nc(=NC3CC3)n3ncc(=Cc4[nH]c(=O)[nH]c4O)c3n2)cc1C. The molecule has 0 radical (unpaired) electrons. The highest BCUT2D eigenvalue weighted by Crippen LogP contribution is 2.22. The van der Waals surface area contributed by atoms with Gasteiger partial charge in [-0.05, 0) is 49.5 Å². The van der Waals surface area contributed by atoms with Crippen LogP contribution in [0.5, 0.6) is 5.88 Å². The Kier molecular flexibility index (Phi) is 4.54. The third-order valence-corrected chi connectivity index (χ3v) is 5.28. The molecule has 3 aromatic heterocycles. The molecule has 1 aliphatic rings. The molecule has 10 nitrogen and oxygen atoms in total. The van der Waals surface area contributed by atoms with Crippen LogP contribution in [0.3, 0.4) is 0 Å². The van der Waals surface area contributed by atoms with E-state index < -0.39 is 5.69 Å². The van der Waals surface area contributed by atoms with Gasteiger partial charge in [-0.1, -0.05) is 18.2 Å². The summed E-state index contributed by atoms with van der Waals surface area (Å²) in [5.74, 6) is 0.196. The van der Waals surface area contributed by atoms with Gasteiger partial charge in [-0.25, -0.2) is 9.79 Å². The average Bonchev–Trinajstić information content (AvgIpc) is 3.37. The lowest BCUT2D eigenvalue weighted by Gasteiger charge is -2.07. The van der Waals surface area contributed by atoms with Crippen molar-refractivity contribution in [2.75, 3.05) is 5.32 Å². The lowest BCUT2D eigenvalue weighted by molar-refractivity contribution is 0.454. The molecular weight excluding hydrogens is 396 g/mol. The number of aromatic amines is 2. The van der Waals surface area contributed by atoms with Crippen LogP contribution in [-0.2, 0) is 6.54 Å². The zero-order chi connectivity index (χ0) is 21.5. The minimum Gasteiger partial charge on any atom is -0.493 e. The molecule has 1 saturated carbocycles. The Labute approximate surface area is 176 Å². The van der Waals surface area contributed by atoms with Crippen LogP contribution in [0.2, 0.25) is 0 Å². The Morgan fingerprint density at radius 1 is 1.26 bits per heavy atom. The molecule has 10 heteroatoms. The molecule has 3 heterocycles. The van der Waals surface area contributed by atoms with Crippen LogP contribution in [0.15, 0.2) is 34.2 Å². The van der Waals surface area contributed by atoms with Gasteiger partial charge in [0.2, 0.25) is 11.8 Å². The standard InChI is InChI=1S/C21H22N8O2/c1-11-3-4-13(7-12(11)2)9-22-19-26-17-14(8-16-18(30)27-21(31)25-16)10-23-29(17)20(28-19)24-15-5-6-15/h3-4,7-8,10,15,30H,5-6,9H2,1-2H3,(H,22,24,28)(H2,25,27,31). The molecule has 0 unspecified atom stereocenters. The summed E-state index contributed by atoms with van der Waals surface area (Å²) in [6.07, 6.45) is 5.29. The predicted molar refractivity (Wildman–Crippen MR) is 114 cm³/mol. The fraction of sp³-hybridized carbons (Fsp3) is 0.286. The van der Waals surface area contributed by atoms with E-state index in [0.29, 0.717) is 29.0 Å². The Morgan fingerprint density at radius 3 is 2.81 bits per heavy atom. The largest absolute Gasteiger partial charge is 0.493 e. The molecule has 0 atom stereocenters. The van der Waals surface area contributed by atoms with Crippen molar-refractivity contribution in [3.8, 4) is 5.88 Å². The minimum atomic E-state index is -0.491. The number of nitrogens with one attached hydrogen (secondary N) is 3. The summed E-state index contributed by atoms with van der Waals surface area (Å²) in [5, 5.41) is 18.1. The molecule has 158 valence electrons. The maximum atomic E-state index is 11.4.